The molecular weight excluding hydrogens is 1400 g/mol. The van der Waals surface area contributed by atoms with Gasteiger partial charge in [0.25, 0.3) is 0 Å². The van der Waals surface area contributed by atoms with E-state index in [1.807, 2.05) is 48.6 Å². The van der Waals surface area contributed by atoms with Gasteiger partial charge < -0.3 is 0 Å². The number of hydrogen-bond donors (Lipinski definition) is 0. The standard InChI is InChI=1S/C90H82N4O2S2.2CH2Cl2/c1-5-9-13-17-25-59-33-41-65(42-34-59)89(66-43-35-60(36-44-66)26-18-14-10-6-2)79-53-76-80(54-75(79)87-81(89)51-69(97-87)49-77-83(63(55-91)56-92)71-29-21-23-31-73(71)85(77)95)90(67-45-37-61(38-46-67)27-19-15-11-7-3,68-47-39-62(40-48-68)28-20-16-12-8-4)82-52-70(98-88(76)82)50-78-84(64(57-93)58-94)72-30-22-24-32-74(72)86(78)96;2*2-1-3/h21-24,29-54H,5-20,25-28H2,1-4H3;2*1H2/b77-49-,78-50-;;. The van der Waals surface area contributed by atoms with Gasteiger partial charge in [0, 0.05) is 52.9 Å². The summed E-state index contributed by atoms with van der Waals surface area (Å²) in [5.74, 6) is -0.425. The van der Waals surface area contributed by atoms with Gasteiger partial charge in [0.05, 0.1) is 21.5 Å². The Balaban J connectivity index is 0.00000175. The molecule has 0 atom stereocenters. The molecule has 0 N–H and O–H groups in total. The zero-order chi connectivity index (χ0) is 73.3. The molecule has 0 amide bonds. The van der Waals surface area contributed by atoms with Crippen LogP contribution in [-0.4, -0.2) is 22.2 Å². The Morgan fingerprint density at radius 1 is 0.356 bits per heavy atom. The van der Waals surface area contributed by atoms with E-state index in [0.717, 1.165) is 127 Å². The van der Waals surface area contributed by atoms with Crippen LogP contribution < -0.4 is 0 Å². The monoisotopic (exact) mass is 1480 g/mol. The minimum Gasteiger partial charge on any atom is -0.289 e. The summed E-state index contributed by atoms with van der Waals surface area (Å²) in [6.07, 6.45) is 26.4. The van der Waals surface area contributed by atoms with Crippen molar-refractivity contribution in [3.8, 4) is 45.2 Å². The molecule has 9 aromatic rings. The van der Waals surface area contributed by atoms with E-state index in [-0.39, 0.29) is 33.4 Å². The number of thiophene rings is 2. The third-order valence-corrected chi connectivity index (χ3v) is 23.3. The number of unbranched alkanes of at least 4 members (excludes halogenated alkanes) is 12. The molecule has 2 aromatic heterocycles. The number of rotatable bonds is 26. The molecule has 0 spiro atoms. The lowest BCUT2D eigenvalue weighted by Gasteiger charge is -2.35. The van der Waals surface area contributed by atoms with Crippen LogP contribution >= 0.6 is 69.1 Å². The van der Waals surface area contributed by atoms with E-state index in [0.29, 0.717) is 44.5 Å². The number of nitrogens with zero attached hydrogens (tertiary/aromatic N) is 4. The quantitative estimate of drug-likeness (QED) is 0.0230. The van der Waals surface area contributed by atoms with Crippen LogP contribution in [0.2, 0.25) is 0 Å². The van der Waals surface area contributed by atoms with Crippen molar-refractivity contribution in [1.82, 2.24) is 0 Å². The number of halogens is 4. The number of alkyl halides is 4. The van der Waals surface area contributed by atoms with Crippen LogP contribution in [0, 0.1) is 45.3 Å². The molecule has 104 heavy (non-hydrogen) atoms. The van der Waals surface area contributed by atoms with Gasteiger partial charge in [-0.15, -0.1) is 69.1 Å². The smallest absolute Gasteiger partial charge is 0.194 e. The zero-order valence-electron chi connectivity index (χ0n) is 59.8. The molecule has 0 fully saturated rings. The van der Waals surface area contributed by atoms with Crippen molar-refractivity contribution in [3.05, 3.63) is 291 Å². The largest absolute Gasteiger partial charge is 0.289 e. The molecule has 0 unspecified atom stereocenters. The summed E-state index contributed by atoms with van der Waals surface area (Å²) in [5.41, 5.74) is 17.9. The number of aryl methyl sites for hydroxylation is 4. The van der Waals surface area contributed by atoms with Gasteiger partial charge in [-0.05, 0) is 177 Å². The molecule has 4 aliphatic rings. The molecular formula is C92H86Cl4N4O2S2. The van der Waals surface area contributed by atoms with E-state index >= 15 is 0 Å². The third-order valence-electron chi connectivity index (χ3n) is 21.0. The lowest BCUT2D eigenvalue weighted by molar-refractivity contribution is 0.103. The summed E-state index contributed by atoms with van der Waals surface area (Å²) >= 11 is 22.4. The average Bonchev–Trinajstić information content (AvgIpc) is 1.54. The van der Waals surface area contributed by atoms with E-state index in [1.165, 1.54) is 99.3 Å². The van der Waals surface area contributed by atoms with E-state index in [4.69, 9.17) is 46.4 Å². The normalized spacial score (nSPS) is 14.4. The van der Waals surface area contributed by atoms with Crippen molar-refractivity contribution in [2.75, 3.05) is 10.7 Å². The first-order valence-corrected chi connectivity index (χ1v) is 40.6. The van der Waals surface area contributed by atoms with Crippen LogP contribution in [0.3, 0.4) is 0 Å². The van der Waals surface area contributed by atoms with Crippen LogP contribution in [0.1, 0.15) is 239 Å². The molecule has 4 aliphatic carbocycles. The van der Waals surface area contributed by atoms with Crippen molar-refractivity contribution in [3.63, 3.8) is 0 Å². The Morgan fingerprint density at radius 3 is 0.885 bits per heavy atom. The Labute approximate surface area is 643 Å². The lowest BCUT2D eigenvalue weighted by atomic mass is 9.65. The topological polar surface area (TPSA) is 129 Å². The van der Waals surface area contributed by atoms with E-state index < -0.39 is 10.8 Å². The van der Waals surface area contributed by atoms with Crippen molar-refractivity contribution >= 4 is 104 Å². The molecule has 6 nitrogen and oxygen atoms in total. The summed E-state index contributed by atoms with van der Waals surface area (Å²) in [4.78, 5) is 33.5. The Bertz CT molecular complexity index is 4470. The predicted molar refractivity (Wildman–Crippen MR) is 435 cm³/mol. The Kier molecular flexibility index (Phi) is 26.4. The molecule has 0 bridgehead atoms. The maximum Gasteiger partial charge on any atom is 0.194 e. The third kappa shape index (κ3) is 15.1. The first-order valence-electron chi connectivity index (χ1n) is 36.8. The second-order valence-electron chi connectivity index (χ2n) is 27.3. The summed E-state index contributed by atoms with van der Waals surface area (Å²) < 4.78 is 0. The zero-order valence-corrected chi connectivity index (χ0v) is 64.5. The van der Waals surface area contributed by atoms with Crippen LogP contribution in [0.5, 0.6) is 0 Å². The van der Waals surface area contributed by atoms with Gasteiger partial charge >= 0.3 is 0 Å². The summed E-state index contributed by atoms with van der Waals surface area (Å²) in [7, 11) is 0. The molecule has 13 rings (SSSR count). The fourth-order valence-electron chi connectivity index (χ4n) is 16.1. The Morgan fingerprint density at radius 2 is 0.625 bits per heavy atom. The molecule has 0 radical (unpaired) electrons. The fourth-order valence-corrected chi connectivity index (χ4v) is 18.5. The van der Waals surface area contributed by atoms with Gasteiger partial charge in [-0.25, -0.2) is 0 Å². The highest BCUT2D eigenvalue weighted by molar-refractivity contribution is 7.17. The summed E-state index contributed by atoms with van der Waals surface area (Å²) in [6.45, 7) is 9.02. The highest BCUT2D eigenvalue weighted by Gasteiger charge is 2.53. The van der Waals surface area contributed by atoms with E-state index in [1.54, 1.807) is 34.8 Å². The van der Waals surface area contributed by atoms with Crippen molar-refractivity contribution in [1.29, 1.82) is 21.0 Å². The minimum atomic E-state index is -0.890. The second-order valence-corrected chi connectivity index (χ2v) is 31.1. The summed E-state index contributed by atoms with van der Waals surface area (Å²) in [6, 6.07) is 70.3. The second kappa shape index (κ2) is 35.9. The van der Waals surface area contributed by atoms with Gasteiger partial charge in [-0.1, -0.05) is 250 Å². The maximum atomic E-state index is 14.8. The Hall–Kier alpha value is -8.64. The number of nitriles is 4. The van der Waals surface area contributed by atoms with Crippen molar-refractivity contribution in [2.45, 2.75) is 167 Å². The van der Waals surface area contributed by atoms with Gasteiger partial charge in [-0.2, -0.15) is 21.0 Å². The molecule has 526 valence electrons. The SMILES string of the molecule is CCCCCCc1ccc(C2(c3ccc(CCCCCC)cc3)c3cc4c(cc3-c3sc(/C=C5\C(=O)c6ccccc6C5=C(C#N)C#N)cc32)C(c2ccc(CCCCCC)cc2)(c2ccc(CCCCCC)cc2)c2cc(/C=C3\C(=O)c5ccccc5C3=C(C#N)C#N)sc2-4)cc1.ClCCl.ClCCl. The first kappa shape index (κ1) is 76.5. The number of hydrogen-bond acceptors (Lipinski definition) is 8. The molecule has 0 aliphatic heterocycles. The van der Waals surface area contributed by atoms with Crippen molar-refractivity contribution < 1.29 is 9.59 Å². The number of Topliss-reactive ketones (excluding diaryl/α,β-unsaturated/α-hetero) is 2. The average molecular weight is 1490 g/mol. The van der Waals surface area contributed by atoms with Gasteiger partial charge in [0.2, 0.25) is 0 Å². The molecule has 7 aromatic carbocycles. The van der Waals surface area contributed by atoms with Gasteiger partial charge in [-0.3, -0.25) is 9.59 Å². The molecule has 12 heteroatoms. The van der Waals surface area contributed by atoms with Crippen LogP contribution in [0.4, 0.5) is 0 Å². The van der Waals surface area contributed by atoms with E-state index in [2.05, 4.69) is 173 Å². The predicted octanol–water partition coefficient (Wildman–Crippen LogP) is 26.0. The first-order chi connectivity index (χ1) is 50.9. The number of carbonyl (C=O) groups excluding carboxylic acids is 2. The molecule has 2 heterocycles. The van der Waals surface area contributed by atoms with Crippen LogP contribution in [-0.2, 0) is 36.5 Å². The lowest BCUT2D eigenvalue weighted by Crippen LogP contribution is -2.30. The van der Waals surface area contributed by atoms with E-state index in [9.17, 15) is 30.6 Å². The summed E-state index contributed by atoms with van der Waals surface area (Å²) in [5, 5.41) is 42.5. The number of ketones is 2. The van der Waals surface area contributed by atoms with Crippen molar-refractivity contribution in [2.24, 2.45) is 0 Å². The number of allylic oxidation sites excluding steroid dienone is 6. The van der Waals surface area contributed by atoms with Gasteiger partial charge in [0.15, 0.2) is 11.6 Å². The highest BCUT2D eigenvalue weighted by atomic mass is 35.5. The van der Waals surface area contributed by atoms with Crippen LogP contribution in [0.25, 0.3) is 44.2 Å². The van der Waals surface area contributed by atoms with Gasteiger partial charge in [0.1, 0.15) is 35.4 Å². The highest BCUT2D eigenvalue weighted by Crippen LogP contribution is 2.66. The number of carbonyl (C=O) groups is 2. The fraction of sp³-hybridized carbons (Fsp3) is 0.304. The number of benzene rings is 7. The molecule has 0 saturated carbocycles. The maximum absolute atomic E-state index is 14.8. The number of fused-ring (bicyclic) bond motifs is 8. The minimum absolute atomic E-state index is 0.0957. The molecule has 0 saturated heterocycles. The van der Waals surface area contributed by atoms with Crippen LogP contribution in [0.15, 0.2) is 192 Å².